The predicted octanol–water partition coefficient (Wildman–Crippen LogP) is 1.77. The fraction of sp³-hybridized carbons (Fsp3) is 0.462. The molecule has 0 fully saturated rings. The monoisotopic (exact) mass is 236 g/mol. The van der Waals surface area contributed by atoms with E-state index in [9.17, 15) is 4.79 Å². The summed E-state index contributed by atoms with van der Waals surface area (Å²) < 4.78 is 4.90. The smallest absolute Gasteiger partial charge is 0.224 e. The van der Waals surface area contributed by atoms with Gasteiger partial charge < -0.3 is 15.4 Å². The molecule has 0 spiro atoms. The molecule has 0 aliphatic carbocycles. The van der Waals surface area contributed by atoms with Crippen LogP contribution in [0.25, 0.3) is 0 Å². The van der Waals surface area contributed by atoms with Crippen LogP contribution in [-0.4, -0.2) is 26.7 Å². The van der Waals surface area contributed by atoms with Gasteiger partial charge in [-0.05, 0) is 31.2 Å². The Hall–Kier alpha value is -1.39. The highest BCUT2D eigenvalue weighted by atomic mass is 16.5. The van der Waals surface area contributed by atoms with Crippen molar-refractivity contribution in [3.8, 4) is 0 Å². The van der Waals surface area contributed by atoms with Crippen molar-refractivity contribution in [1.29, 1.82) is 0 Å². The Morgan fingerprint density at radius 3 is 2.59 bits per heavy atom. The number of anilines is 1. The van der Waals surface area contributed by atoms with E-state index in [1.54, 1.807) is 7.11 Å². The van der Waals surface area contributed by atoms with Gasteiger partial charge in [0.25, 0.3) is 0 Å². The van der Waals surface area contributed by atoms with E-state index in [0.29, 0.717) is 13.0 Å². The van der Waals surface area contributed by atoms with Gasteiger partial charge in [-0.25, -0.2) is 0 Å². The Kier molecular flexibility index (Phi) is 6.29. The van der Waals surface area contributed by atoms with Crippen LogP contribution in [0.1, 0.15) is 18.4 Å². The number of carbonyl (C=O) groups is 1. The lowest BCUT2D eigenvalue weighted by Crippen LogP contribution is -2.12. The van der Waals surface area contributed by atoms with Crippen LogP contribution >= 0.6 is 0 Å². The van der Waals surface area contributed by atoms with Gasteiger partial charge >= 0.3 is 0 Å². The summed E-state index contributed by atoms with van der Waals surface area (Å²) in [5.41, 5.74) is 2.04. The van der Waals surface area contributed by atoms with Crippen LogP contribution in [0, 0.1) is 0 Å². The van der Waals surface area contributed by atoms with Crippen LogP contribution in [-0.2, 0) is 16.1 Å². The van der Waals surface area contributed by atoms with Crippen LogP contribution in [0.4, 0.5) is 5.69 Å². The maximum Gasteiger partial charge on any atom is 0.224 e. The molecule has 0 saturated carbocycles. The van der Waals surface area contributed by atoms with Crippen molar-refractivity contribution in [3.05, 3.63) is 29.8 Å². The number of rotatable bonds is 7. The molecule has 0 radical (unpaired) electrons. The van der Waals surface area contributed by atoms with E-state index >= 15 is 0 Å². The minimum Gasteiger partial charge on any atom is -0.385 e. The van der Waals surface area contributed by atoms with Crippen LogP contribution in [0.3, 0.4) is 0 Å². The molecule has 0 aromatic heterocycles. The van der Waals surface area contributed by atoms with E-state index in [1.165, 1.54) is 5.56 Å². The molecule has 2 N–H and O–H groups in total. The molecule has 1 rings (SSSR count). The number of amides is 1. The third kappa shape index (κ3) is 5.47. The van der Waals surface area contributed by atoms with Crippen molar-refractivity contribution >= 4 is 11.6 Å². The second-order valence-electron chi connectivity index (χ2n) is 3.87. The molecule has 0 atom stereocenters. The molecule has 4 nitrogen and oxygen atoms in total. The third-order valence-corrected chi connectivity index (χ3v) is 2.37. The van der Waals surface area contributed by atoms with E-state index in [1.807, 2.05) is 31.3 Å². The minimum atomic E-state index is 0.0309. The molecule has 0 heterocycles. The lowest BCUT2D eigenvalue weighted by Gasteiger charge is -2.06. The van der Waals surface area contributed by atoms with Gasteiger partial charge in [0.15, 0.2) is 0 Å². The molecule has 1 amide bonds. The van der Waals surface area contributed by atoms with E-state index < -0.39 is 0 Å². The highest BCUT2D eigenvalue weighted by Gasteiger charge is 2.01. The second kappa shape index (κ2) is 7.81. The third-order valence-electron chi connectivity index (χ3n) is 2.37. The topological polar surface area (TPSA) is 50.4 Å². The van der Waals surface area contributed by atoms with Crippen molar-refractivity contribution < 1.29 is 9.53 Å². The maximum absolute atomic E-state index is 11.5. The molecular formula is C13H20N2O2. The summed E-state index contributed by atoms with van der Waals surface area (Å²) in [7, 11) is 3.55. The molecule has 1 aromatic carbocycles. The number of methoxy groups -OCH3 is 1. The SMILES string of the molecule is CNCc1ccc(NC(=O)CCCOC)cc1. The highest BCUT2D eigenvalue weighted by Crippen LogP contribution is 2.10. The largest absolute Gasteiger partial charge is 0.385 e. The summed E-state index contributed by atoms with van der Waals surface area (Å²) in [6, 6.07) is 7.84. The molecular weight excluding hydrogens is 216 g/mol. The fourth-order valence-electron chi connectivity index (χ4n) is 1.51. The normalized spacial score (nSPS) is 10.2. The number of benzene rings is 1. The zero-order chi connectivity index (χ0) is 12.5. The van der Waals surface area contributed by atoms with Gasteiger partial charge in [0.05, 0.1) is 0 Å². The summed E-state index contributed by atoms with van der Waals surface area (Å²) >= 11 is 0. The van der Waals surface area contributed by atoms with Crippen LogP contribution in [0.5, 0.6) is 0 Å². The maximum atomic E-state index is 11.5. The van der Waals surface area contributed by atoms with E-state index in [4.69, 9.17) is 4.74 Å². The molecule has 17 heavy (non-hydrogen) atoms. The van der Waals surface area contributed by atoms with Gasteiger partial charge in [-0.15, -0.1) is 0 Å². The zero-order valence-electron chi connectivity index (χ0n) is 10.5. The molecule has 0 aliphatic heterocycles. The standard InChI is InChI=1S/C13H20N2O2/c1-14-10-11-5-7-12(8-6-11)15-13(16)4-3-9-17-2/h5-8,14H,3-4,9-10H2,1-2H3,(H,15,16). The van der Waals surface area contributed by atoms with E-state index in [2.05, 4.69) is 10.6 Å². The van der Waals surface area contributed by atoms with Gasteiger partial charge in [0.1, 0.15) is 0 Å². The Bertz CT molecular complexity index is 336. The first-order valence-corrected chi connectivity index (χ1v) is 5.78. The van der Waals surface area contributed by atoms with Gasteiger partial charge in [-0.1, -0.05) is 12.1 Å². The first kappa shape index (κ1) is 13.7. The average Bonchev–Trinajstić information content (AvgIpc) is 2.32. The van der Waals surface area contributed by atoms with Crippen LogP contribution in [0.15, 0.2) is 24.3 Å². The summed E-state index contributed by atoms with van der Waals surface area (Å²) in [5.74, 6) is 0.0309. The quantitative estimate of drug-likeness (QED) is 0.709. The fourth-order valence-corrected chi connectivity index (χ4v) is 1.51. The van der Waals surface area contributed by atoms with Crippen LogP contribution < -0.4 is 10.6 Å². The van der Waals surface area contributed by atoms with Crippen molar-refractivity contribution in [3.63, 3.8) is 0 Å². The predicted molar refractivity (Wildman–Crippen MR) is 68.9 cm³/mol. The Morgan fingerprint density at radius 2 is 2.00 bits per heavy atom. The van der Waals surface area contributed by atoms with Gasteiger partial charge in [-0.3, -0.25) is 4.79 Å². The molecule has 0 bridgehead atoms. The Morgan fingerprint density at radius 1 is 1.29 bits per heavy atom. The zero-order valence-corrected chi connectivity index (χ0v) is 10.5. The summed E-state index contributed by atoms with van der Waals surface area (Å²) in [6.45, 7) is 1.45. The molecule has 4 heteroatoms. The number of hydrogen-bond donors (Lipinski definition) is 2. The number of ether oxygens (including phenoxy) is 1. The number of nitrogens with one attached hydrogen (secondary N) is 2. The highest BCUT2D eigenvalue weighted by molar-refractivity contribution is 5.90. The van der Waals surface area contributed by atoms with Crippen molar-refractivity contribution in [2.24, 2.45) is 0 Å². The van der Waals surface area contributed by atoms with E-state index in [0.717, 1.165) is 18.7 Å². The molecule has 0 aliphatic rings. The van der Waals surface area contributed by atoms with Gasteiger partial charge in [-0.2, -0.15) is 0 Å². The lowest BCUT2D eigenvalue weighted by atomic mass is 10.2. The lowest BCUT2D eigenvalue weighted by molar-refractivity contribution is -0.116. The Labute approximate surface area is 102 Å². The first-order chi connectivity index (χ1) is 8.26. The second-order valence-corrected chi connectivity index (χ2v) is 3.87. The number of hydrogen-bond acceptors (Lipinski definition) is 3. The van der Waals surface area contributed by atoms with Crippen molar-refractivity contribution in [2.45, 2.75) is 19.4 Å². The molecule has 0 saturated heterocycles. The Balaban J connectivity index is 2.37. The van der Waals surface area contributed by atoms with E-state index in [-0.39, 0.29) is 5.91 Å². The first-order valence-electron chi connectivity index (χ1n) is 5.78. The average molecular weight is 236 g/mol. The van der Waals surface area contributed by atoms with Crippen LogP contribution in [0.2, 0.25) is 0 Å². The van der Waals surface area contributed by atoms with Crippen molar-refractivity contribution in [1.82, 2.24) is 5.32 Å². The minimum absolute atomic E-state index is 0.0309. The summed E-state index contributed by atoms with van der Waals surface area (Å²) in [4.78, 5) is 11.5. The number of carbonyl (C=O) groups excluding carboxylic acids is 1. The molecule has 1 aromatic rings. The van der Waals surface area contributed by atoms with Gasteiger partial charge in [0, 0.05) is 32.4 Å². The van der Waals surface area contributed by atoms with Gasteiger partial charge in [0.2, 0.25) is 5.91 Å². The molecule has 94 valence electrons. The molecule has 0 unspecified atom stereocenters. The van der Waals surface area contributed by atoms with Crippen molar-refractivity contribution in [2.75, 3.05) is 26.1 Å². The summed E-state index contributed by atoms with van der Waals surface area (Å²) in [6.07, 6.45) is 1.24. The summed E-state index contributed by atoms with van der Waals surface area (Å²) in [5, 5.41) is 5.93.